The Kier molecular flexibility index (Phi) is 3.98. The van der Waals surface area contributed by atoms with Gasteiger partial charge in [-0.25, -0.2) is 0 Å². The van der Waals surface area contributed by atoms with Gasteiger partial charge in [0.2, 0.25) is 0 Å². The fourth-order valence-corrected chi connectivity index (χ4v) is 3.25. The van der Waals surface area contributed by atoms with Gasteiger partial charge < -0.3 is 5.32 Å². The zero-order valence-electron chi connectivity index (χ0n) is 11.9. The molecule has 0 unspecified atom stereocenters. The molecule has 1 saturated carbocycles. The first-order chi connectivity index (χ1) is 10.2. The average Bonchev–Trinajstić information content (AvgIpc) is 2.43. The second-order valence-electron chi connectivity index (χ2n) is 5.73. The highest BCUT2D eigenvalue weighted by molar-refractivity contribution is 9.10. The molecule has 3 rings (SSSR count). The standard InChI is InChI=1S/C18H17BrN2/c1-12-3-2-4-13(7-12)14-9-17(10-14)21-18-6-5-16(19)8-15(18)11-20/h2-8,14,17,21H,9-10H2,1H3. The van der Waals surface area contributed by atoms with E-state index in [1.165, 1.54) is 11.1 Å². The van der Waals surface area contributed by atoms with Crippen LogP contribution in [0.2, 0.25) is 0 Å². The maximum Gasteiger partial charge on any atom is 0.101 e. The number of hydrogen-bond donors (Lipinski definition) is 1. The van der Waals surface area contributed by atoms with Crippen molar-refractivity contribution in [2.45, 2.75) is 31.7 Å². The van der Waals surface area contributed by atoms with Crippen molar-refractivity contribution in [3.8, 4) is 6.07 Å². The molecule has 0 spiro atoms. The number of nitrogens with one attached hydrogen (secondary N) is 1. The van der Waals surface area contributed by atoms with Gasteiger partial charge in [-0.15, -0.1) is 0 Å². The molecule has 0 aromatic heterocycles. The third kappa shape index (κ3) is 3.11. The van der Waals surface area contributed by atoms with E-state index in [4.69, 9.17) is 0 Å². The summed E-state index contributed by atoms with van der Waals surface area (Å²) in [6.07, 6.45) is 2.26. The lowest BCUT2D eigenvalue weighted by Crippen LogP contribution is -2.34. The van der Waals surface area contributed by atoms with Crippen molar-refractivity contribution in [2.75, 3.05) is 5.32 Å². The zero-order chi connectivity index (χ0) is 14.8. The Hall–Kier alpha value is -1.79. The molecule has 3 heteroatoms. The quantitative estimate of drug-likeness (QED) is 0.854. The van der Waals surface area contributed by atoms with Gasteiger partial charge in [0.05, 0.1) is 11.3 Å². The molecule has 0 aliphatic heterocycles. The Morgan fingerprint density at radius 1 is 1.19 bits per heavy atom. The van der Waals surface area contributed by atoms with Crippen LogP contribution in [-0.4, -0.2) is 6.04 Å². The number of nitrogens with zero attached hydrogens (tertiary/aromatic N) is 1. The third-order valence-electron chi connectivity index (χ3n) is 4.11. The monoisotopic (exact) mass is 340 g/mol. The number of benzene rings is 2. The first-order valence-corrected chi connectivity index (χ1v) is 7.98. The van der Waals surface area contributed by atoms with Gasteiger partial charge in [0.1, 0.15) is 6.07 Å². The molecule has 0 saturated heterocycles. The van der Waals surface area contributed by atoms with Crippen LogP contribution >= 0.6 is 15.9 Å². The number of rotatable bonds is 3. The molecule has 2 aromatic rings. The Labute approximate surface area is 133 Å². The van der Waals surface area contributed by atoms with Crippen LogP contribution < -0.4 is 5.32 Å². The van der Waals surface area contributed by atoms with Crippen molar-refractivity contribution >= 4 is 21.6 Å². The minimum Gasteiger partial charge on any atom is -0.381 e. The van der Waals surface area contributed by atoms with Crippen molar-refractivity contribution in [1.29, 1.82) is 5.26 Å². The number of hydrogen-bond acceptors (Lipinski definition) is 2. The van der Waals surface area contributed by atoms with Crippen molar-refractivity contribution in [3.63, 3.8) is 0 Å². The SMILES string of the molecule is Cc1cccc(C2CC(Nc3ccc(Br)cc3C#N)C2)c1. The highest BCUT2D eigenvalue weighted by Crippen LogP contribution is 2.39. The van der Waals surface area contributed by atoms with E-state index in [-0.39, 0.29) is 0 Å². The average molecular weight is 341 g/mol. The molecule has 106 valence electrons. The fourth-order valence-electron chi connectivity index (χ4n) is 2.89. The molecule has 0 bridgehead atoms. The highest BCUT2D eigenvalue weighted by Gasteiger charge is 2.30. The summed E-state index contributed by atoms with van der Waals surface area (Å²) < 4.78 is 0.941. The van der Waals surface area contributed by atoms with Crippen molar-refractivity contribution in [2.24, 2.45) is 0 Å². The molecule has 1 aliphatic carbocycles. The second kappa shape index (κ2) is 5.91. The van der Waals surface area contributed by atoms with Crippen LogP contribution in [0, 0.1) is 18.3 Å². The third-order valence-corrected chi connectivity index (χ3v) is 4.61. The molecule has 0 radical (unpaired) electrons. The molecule has 1 aliphatic rings. The summed E-state index contributed by atoms with van der Waals surface area (Å²) in [4.78, 5) is 0. The maximum atomic E-state index is 9.20. The molecule has 21 heavy (non-hydrogen) atoms. The summed E-state index contributed by atoms with van der Waals surface area (Å²) in [6, 6.07) is 17.3. The number of anilines is 1. The van der Waals surface area contributed by atoms with Gasteiger partial charge in [-0.1, -0.05) is 45.8 Å². The fraction of sp³-hybridized carbons (Fsp3) is 0.278. The van der Waals surface area contributed by atoms with Gasteiger partial charge in [-0.3, -0.25) is 0 Å². The predicted octanol–water partition coefficient (Wildman–Crippen LogP) is 4.99. The number of halogens is 1. The summed E-state index contributed by atoms with van der Waals surface area (Å²) in [5, 5.41) is 12.7. The predicted molar refractivity (Wildman–Crippen MR) is 89.4 cm³/mol. The minimum absolute atomic E-state index is 0.462. The second-order valence-corrected chi connectivity index (χ2v) is 6.64. The van der Waals surface area contributed by atoms with E-state index < -0.39 is 0 Å². The van der Waals surface area contributed by atoms with Crippen LogP contribution in [-0.2, 0) is 0 Å². The molecular formula is C18H17BrN2. The Balaban J connectivity index is 1.64. The first-order valence-electron chi connectivity index (χ1n) is 7.18. The van der Waals surface area contributed by atoms with E-state index >= 15 is 0 Å². The molecule has 1 N–H and O–H groups in total. The van der Waals surface area contributed by atoms with Gasteiger partial charge in [0, 0.05) is 10.5 Å². The summed E-state index contributed by atoms with van der Waals surface area (Å²) in [6.45, 7) is 2.14. The largest absolute Gasteiger partial charge is 0.381 e. The van der Waals surface area contributed by atoms with Crippen LogP contribution in [0.4, 0.5) is 5.69 Å². The van der Waals surface area contributed by atoms with Gasteiger partial charge in [0.15, 0.2) is 0 Å². The van der Waals surface area contributed by atoms with E-state index in [9.17, 15) is 5.26 Å². The van der Waals surface area contributed by atoms with Crippen LogP contribution in [0.3, 0.4) is 0 Å². The van der Waals surface area contributed by atoms with Crippen molar-refractivity contribution < 1.29 is 0 Å². The lowest BCUT2D eigenvalue weighted by Gasteiger charge is -2.37. The highest BCUT2D eigenvalue weighted by atomic mass is 79.9. The van der Waals surface area contributed by atoms with Gasteiger partial charge >= 0.3 is 0 Å². The molecule has 0 heterocycles. The van der Waals surface area contributed by atoms with Crippen LogP contribution in [0.15, 0.2) is 46.9 Å². The normalized spacial score (nSPS) is 20.4. The first kappa shape index (κ1) is 14.2. The number of aryl methyl sites for hydroxylation is 1. The van der Waals surface area contributed by atoms with Gasteiger partial charge in [-0.2, -0.15) is 5.26 Å². The van der Waals surface area contributed by atoms with Crippen LogP contribution in [0.5, 0.6) is 0 Å². The van der Waals surface area contributed by atoms with Gasteiger partial charge in [0.25, 0.3) is 0 Å². The van der Waals surface area contributed by atoms with Crippen molar-refractivity contribution in [1.82, 2.24) is 0 Å². The Morgan fingerprint density at radius 2 is 2.00 bits per heavy atom. The van der Waals surface area contributed by atoms with Crippen LogP contribution in [0.1, 0.15) is 35.4 Å². The topological polar surface area (TPSA) is 35.8 Å². The Morgan fingerprint density at radius 3 is 2.71 bits per heavy atom. The van der Waals surface area contributed by atoms with E-state index in [1.807, 2.05) is 18.2 Å². The number of nitriles is 1. The molecule has 2 nitrogen and oxygen atoms in total. The molecule has 0 atom stereocenters. The van der Waals surface area contributed by atoms with E-state index in [2.05, 4.69) is 58.5 Å². The smallest absolute Gasteiger partial charge is 0.101 e. The zero-order valence-corrected chi connectivity index (χ0v) is 13.5. The van der Waals surface area contributed by atoms with E-state index in [0.29, 0.717) is 17.5 Å². The molecule has 2 aromatic carbocycles. The molecule has 1 fully saturated rings. The Bertz CT molecular complexity index is 697. The minimum atomic E-state index is 0.462. The summed E-state index contributed by atoms with van der Waals surface area (Å²) >= 11 is 3.40. The lowest BCUT2D eigenvalue weighted by molar-refractivity contribution is 0.374. The summed E-state index contributed by atoms with van der Waals surface area (Å²) in [7, 11) is 0. The maximum absolute atomic E-state index is 9.20. The summed E-state index contributed by atoms with van der Waals surface area (Å²) in [5.41, 5.74) is 4.39. The van der Waals surface area contributed by atoms with Crippen molar-refractivity contribution in [3.05, 3.63) is 63.6 Å². The van der Waals surface area contributed by atoms with E-state index in [0.717, 1.165) is 23.0 Å². The lowest BCUT2D eigenvalue weighted by atomic mass is 9.75. The molecular weight excluding hydrogens is 324 g/mol. The van der Waals surface area contributed by atoms with Crippen LogP contribution in [0.25, 0.3) is 0 Å². The van der Waals surface area contributed by atoms with E-state index in [1.54, 1.807) is 0 Å². The van der Waals surface area contributed by atoms with Gasteiger partial charge in [-0.05, 0) is 49.4 Å². The summed E-state index contributed by atoms with van der Waals surface area (Å²) in [5.74, 6) is 0.642. The molecule has 0 amide bonds.